The summed E-state index contributed by atoms with van der Waals surface area (Å²) >= 11 is 0. The van der Waals surface area contributed by atoms with Gasteiger partial charge in [0.25, 0.3) is 0 Å². The molecule has 0 aliphatic heterocycles. The molecule has 0 fully saturated rings. The van der Waals surface area contributed by atoms with Crippen molar-refractivity contribution in [3.63, 3.8) is 0 Å². The van der Waals surface area contributed by atoms with Crippen LogP contribution in [0.1, 0.15) is 24.0 Å². The van der Waals surface area contributed by atoms with Crippen LogP contribution in [0.25, 0.3) is 0 Å². The van der Waals surface area contributed by atoms with E-state index < -0.39 is 21.7 Å². The van der Waals surface area contributed by atoms with Crippen molar-refractivity contribution in [1.29, 1.82) is 0 Å². The van der Waals surface area contributed by atoms with Gasteiger partial charge in [0.1, 0.15) is 0 Å². The lowest BCUT2D eigenvalue weighted by atomic mass is 10.0. The first kappa shape index (κ1) is 13.4. The van der Waals surface area contributed by atoms with Crippen molar-refractivity contribution in [3.8, 4) is 0 Å². The van der Waals surface area contributed by atoms with Crippen LogP contribution in [-0.2, 0) is 20.7 Å². The third kappa shape index (κ3) is 2.24. The maximum Gasteiger partial charge on any atom is 0.523 e. The molecule has 18 heavy (non-hydrogen) atoms. The summed E-state index contributed by atoms with van der Waals surface area (Å²) in [5.41, 5.74) is -3.71. The van der Waals surface area contributed by atoms with E-state index in [1.54, 1.807) is 31.2 Å². The van der Waals surface area contributed by atoms with E-state index in [4.69, 9.17) is 0 Å². The molecule has 7 heteroatoms. The minimum Gasteiger partial charge on any atom is -0.259 e. The molecule has 0 bridgehead atoms. The summed E-state index contributed by atoms with van der Waals surface area (Å²) in [7, 11) is -5.53. The van der Waals surface area contributed by atoms with Gasteiger partial charge in [0.2, 0.25) is 0 Å². The Hall–Kier alpha value is -1.08. The Morgan fingerprint density at radius 2 is 1.89 bits per heavy atom. The maximum atomic E-state index is 12.2. The van der Waals surface area contributed by atoms with E-state index in [1.165, 1.54) is 0 Å². The van der Waals surface area contributed by atoms with Gasteiger partial charge in [0.15, 0.2) is 0 Å². The molecule has 0 N–H and O–H groups in total. The zero-order valence-electron chi connectivity index (χ0n) is 9.44. The van der Waals surface area contributed by atoms with Gasteiger partial charge < -0.3 is 0 Å². The van der Waals surface area contributed by atoms with Gasteiger partial charge in [-0.05, 0) is 11.1 Å². The normalized spacial score (nSPS) is 24.0. The van der Waals surface area contributed by atoms with Crippen LogP contribution in [0.5, 0.6) is 0 Å². The highest BCUT2D eigenvalue weighted by atomic mass is 32.2. The lowest BCUT2D eigenvalue weighted by Gasteiger charge is -2.17. The van der Waals surface area contributed by atoms with Crippen molar-refractivity contribution in [3.05, 3.63) is 35.4 Å². The Bertz CT molecular complexity index is 551. The van der Waals surface area contributed by atoms with Crippen molar-refractivity contribution in [1.82, 2.24) is 0 Å². The lowest BCUT2D eigenvalue weighted by molar-refractivity contribution is -0.0576. The van der Waals surface area contributed by atoms with Crippen LogP contribution in [0.3, 0.4) is 0 Å². The summed E-state index contributed by atoms with van der Waals surface area (Å²) in [4.78, 5) is 0. The monoisotopic (exact) mass is 280 g/mol. The van der Waals surface area contributed by atoms with Crippen molar-refractivity contribution in [2.45, 2.75) is 30.9 Å². The topological polar surface area (TPSA) is 43.4 Å². The molecule has 1 aliphatic carbocycles. The fraction of sp³-hybridized carbons (Fsp3) is 0.455. The van der Waals surface area contributed by atoms with Crippen LogP contribution < -0.4 is 0 Å². The third-order valence-corrected chi connectivity index (χ3v) is 4.13. The van der Waals surface area contributed by atoms with E-state index in [0.29, 0.717) is 0 Å². The van der Waals surface area contributed by atoms with Crippen LogP contribution in [-0.4, -0.2) is 20.0 Å². The van der Waals surface area contributed by atoms with E-state index in [9.17, 15) is 21.6 Å². The fourth-order valence-electron chi connectivity index (χ4n) is 2.09. The number of fused-ring (bicyclic) bond motifs is 1. The highest BCUT2D eigenvalue weighted by Crippen LogP contribution is 2.37. The summed E-state index contributed by atoms with van der Waals surface area (Å²) in [6.07, 6.45) is -0.818. The largest absolute Gasteiger partial charge is 0.523 e. The summed E-state index contributed by atoms with van der Waals surface area (Å²) in [6.45, 7) is 1.66. The molecule has 0 amide bonds. The SMILES string of the molecule is CC1c2ccccc2CC1OS(=O)(=O)C(F)(F)F. The van der Waals surface area contributed by atoms with Gasteiger partial charge in [-0.3, -0.25) is 4.18 Å². The number of rotatable bonds is 2. The Morgan fingerprint density at radius 1 is 1.28 bits per heavy atom. The van der Waals surface area contributed by atoms with Crippen LogP contribution in [0.4, 0.5) is 13.2 Å². The quantitative estimate of drug-likeness (QED) is 0.617. The Balaban J connectivity index is 2.21. The Morgan fingerprint density at radius 3 is 2.44 bits per heavy atom. The smallest absolute Gasteiger partial charge is 0.259 e. The summed E-state index contributed by atoms with van der Waals surface area (Å²) in [6, 6.07) is 7.04. The molecule has 3 nitrogen and oxygen atoms in total. The lowest BCUT2D eigenvalue weighted by Crippen LogP contribution is -2.31. The molecule has 1 aromatic rings. The fourth-order valence-corrected chi connectivity index (χ4v) is 2.76. The summed E-state index contributed by atoms with van der Waals surface area (Å²) in [5, 5.41) is 0. The number of benzene rings is 1. The molecule has 2 unspecified atom stereocenters. The molecule has 0 saturated heterocycles. The third-order valence-electron chi connectivity index (χ3n) is 3.06. The van der Waals surface area contributed by atoms with E-state index in [1.807, 2.05) is 0 Å². The van der Waals surface area contributed by atoms with E-state index in [0.717, 1.165) is 11.1 Å². The second-order valence-electron chi connectivity index (χ2n) is 4.23. The van der Waals surface area contributed by atoms with Gasteiger partial charge in [0.05, 0.1) is 6.10 Å². The molecule has 0 radical (unpaired) electrons. The first-order valence-corrected chi connectivity index (χ1v) is 6.70. The van der Waals surface area contributed by atoms with Crippen molar-refractivity contribution >= 4 is 10.1 Å². The summed E-state index contributed by atoms with van der Waals surface area (Å²) < 4.78 is 62.9. The molecular formula is C11H11F3O3S. The molecule has 1 aromatic carbocycles. The van der Waals surface area contributed by atoms with Gasteiger partial charge in [0, 0.05) is 12.3 Å². The molecule has 0 heterocycles. The van der Waals surface area contributed by atoms with Gasteiger partial charge in [-0.15, -0.1) is 0 Å². The minimum atomic E-state index is -5.53. The van der Waals surface area contributed by atoms with Crippen LogP contribution in [0.2, 0.25) is 0 Å². The number of hydrogen-bond donors (Lipinski definition) is 0. The first-order chi connectivity index (χ1) is 8.22. The predicted molar refractivity (Wildman–Crippen MR) is 58.4 cm³/mol. The number of alkyl halides is 3. The Labute approximate surface area is 103 Å². The highest BCUT2D eigenvalue weighted by Gasteiger charge is 2.50. The highest BCUT2D eigenvalue weighted by molar-refractivity contribution is 7.87. The van der Waals surface area contributed by atoms with Crippen molar-refractivity contribution < 1.29 is 25.8 Å². The van der Waals surface area contributed by atoms with E-state index in [2.05, 4.69) is 4.18 Å². The predicted octanol–water partition coefficient (Wildman–Crippen LogP) is 2.58. The number of hydrogen-bond acceptors (Lipinski definition) is 3. The molecule has 100 valence electrons. The molecule has 2 rings (SSSR count). The summed E-state index contributed by atoms with van der Waals surface area (Å²) in [5.74, 6) is -0.377. The van der Waals surface area contributed by atoms with Gasteiger partial charge >= 0.3 is 15.6 Å². The molecule has 1 aliphatic rings. The molecule has 0 aromatic heterocycles. The molecular weight excluding hydrogens is 269 g/mol. The average Bonchev–Trinajstić information content (AvgIpc) is 2.54. The van der Waals surface area contributed by atoms with Crippen LogP contribution >= 0.6 is 0 Å². The molecule has 0 saturated carbocycles. The zero-order valence-corrected chi connectivity index (χ0v) is 10.3. The second kappa shape index (κ2) is 4.24. The van der Waals surface area contributed by atoms with E-state index >= 15 is 0 Å². The molecule has 2 atom stereocenters. The van der Waals surface area contributed by atoms with Gasteiger partial charge in [-0.25, -0.2) is 0 Å². The minimum absolute atomic E-state index is 0.173. The van der Waals surface area contributed by atoms with Crippen molar-refractivity contribution in [2.75, 3.05) is 0 Å². The number of halogens is 3. The maximum absolute atomic E-state index is 12.2. The van der Waals surface area contributed by atoms with Crippen LogP contribution in [0.15, 0.2) is 24.3 Å². The second-order valence-corrected chi connectivity index (χ2v) is 5.79. The zero-order chi connectivity index (χ0) is 13.6. The van der Waals surface area contributed by atoms with E-state index in [-0.39, 0.29) is 12.3 Å². The Kier molecular flexibility index (Phi) is 3.14. The van der Waals surface area contributed by atoms with Gasteiger partial charge in [-0.2, -0.15) is 21.6 Å². The van der Waals surface area contributed by atoms with Crippen molar-refractivity contribution in [2.24, 2.45) is 0 Å². The van der Waals surface area contributed by atoms with Gasteiger partial charge in [-0.1, -0.05) is 31.2 Å². The first-order valence-electron chi connectivity index (χ1n) is 5.30. The van der Waals surface area contributed by atoms with Crippen LogP contribution in [0, 0.1) is 0 Å². The molecule has 0 spiro atoms. The average molecular weight is 280 g/mol. The standard InChI is InChI=1S/C11H11F3O3S/c1-7-9-5-3-2-4-8(9)6-10(7)17-18(15,16)11(12,13)14/h2-5,7,10H,6H2,1H3.